The minimum Gasteiger partial charge on any atom is -0.327 e. The zero-order chi connectivity index (χ0) is 12.9. The molecule has 0 aliphatic heterocycles. The van der Waals surface area contributed by atoms with Gasteiger partial charge >= 0.3 is 0 Å². The number of rotatable bonds is 3. The summed E-state index contributed by atoms with van der Waals surface area (Å²) in [6, 6.07) is 3.69. The highest BCUT2D eigenvalue weighted by Gasteiger charge is 2.33. The molecule has 0 N–H and O–H groups in total. The van der Waals surface area contributed by atoms with E-state index in [0.29, 0.717) is 15.9 Å². The van der Waals surface area contributed by atoms with Gasteiger partial charge in [-0.15, -0.1) is 11.6 Å². The Hall–Kier alpha value is -0.440. The van der Waals surface area contributed by atoms with Gasteiger partial charge in [-0.25, -0.2) is 4.98 Å². The monoisotopic (exact) mass is 302 g/mol. The largest absolute Gasteiger partial charge is 0.327 e. The van der Waals surface area contributed by atoms with Crippen molar-refractivity contribution < 1.29 is 0 Å². The highest BCUT2D eigenvalue weighted by molar-refractivity contribution is 6.42. The van der Waals surface area contributed by atoms with Crippen LogP contribution in [0.4, 0.5) is 0 Å². The highest BCUT2D eigenvalue weighted by Crippen LogP contribution is 2.40. The molecule has 0 saturated heterocycles. The first-order valence-corrected chi connectivity index (χ1v) is 7.29. The van der Waals surface area contributed by atoms with Crippen LogP contribution >= 0.6 is 34.8 Å². The maximum atomic E-state index is 6.09. The minimum atomic E-state index is 0.408. The number of alkyl halides is 1. The predicted molar refractivity (Wildman–Crippen MR) is 76.6 cm³/mol. The van der Waals surface area contributed by atoms with Gasteiger partial charge in [0.15, 0.2) is 0 Å². The summed E-state index contributed by atoms with van der Waals surface area (Å²) < 4.78 is 2.18. The number of aromatic nitrogens is 2. The number of hydrogen-bond donors (Lipinski definition) is 0. The Morgan fingerprint density at radius 1 is 1.33 bits per heavy atom. The smallest absolute Gasteiger partial charge is 0.124 e. The summed E-state index contributed by atoms with van der Waals surface area (Å²) in [4.78, 5) is 4.53. The average molecular weight is 304 g/mol. The first kappa shape index (κ1) is 12.6. The van der Waals surface area contributed by atoms with E-state index in [9.17, 15) is 0 Å². The van der Waals surface area contributed by atoms with E-state index in [-0.39, 0.29) is 0 Å². The molecule has 1 fully saturated rings. The van der Waals surface area contributed by atoms with Crippen LogP contribution in [0.15, 0.2) is 12.1 Å². The van der Waals surface area contributed by atoms with Crippen molar-refractivity contribution in [1.29, 1.82) is 0 Å². The molecule has 1 heterocycles. The summed E-state index contributed by atoms with van der Waals surface area (Å²) in [7, 11) is 0. The molecule has 3 rings (SSSR count). The standard InChI is InChI=1S/C13H13Cl3N2/c1-7-2-8(7)6-18-12-4-10(16)9(15)3-11(12)17-13(18)5-14/h3-4,7-8H,2,5-6H2,1H3. The number of fused-ring (bicyclic) bond motifs is 1. The predicted octanol–water partition coefficient (Wildman–Crippen LogP) is 4.74. The Labute approximate surface area is 121 Å². The Morgan fingerprint density at radius 3 is 2.61 bits per heavy atom. The van der Waals surface area contributed by atoms with Crippen molar-refractivity contribution >= 4 is 45.8 Å². The van der Waals surface area contributed by atoms with Gasteiger partial charge in [0, 0.05) is 6.54 Å². The number of nitrogens with zero attached hydrogens (tertiary/aromatic N) is 2. The van der Waals surface area contributed by atoms with E-state index in [0.717, 1.165) is 35.2 Å². The van der Waals surface area contributed by atoms with E-state index in [1.54, 1.807) is 0 Å². The second-order valence-corrected chi connectivity index (χ2v) is 6.08. The second kappa shape index (κ2) is 4.59. The lowest BCUT2D eigenvalue weighted by atomic mass is 10.3. The van der Waals surface area contributed by atoms with Crippen molar-refractivity contribution in [2.75, 3.05) is 0 Å². The topological polar surface area (TPSA) is 17.8 Å². The molecule has 2 atom stereocenters. The molecule has 96 valence electrons. The Bertz CT molecular complexity index is 606. The van der Waals surface area contributed by atoms with Crippen LogP contribution in [0.1, 0.15) is 19.2 Å². The van der Waals surface area contributed by atoms with Gasteiger partial charge in [-0.3, -0.25) is 0 Å². The van der Waals surface area contributed by atoms with Crippen LogP contribution in [0.3, 0.4) is 0 Å². The van der Waals surface area contributed by atoms with Crippen molar-refractivity contribution in [2.24, 2.45) is 11.8 Å². The molecule has 0 radical (unpaired) electrons. The van der Waals surface area contributed by atoms with Crippen LogP contribution < -0.4 is 0 Å². The van der Waals surface area contributed by atoms with Crippen LogP contribution in [0.2, 0.25) is 10.0 Å². The zero-order valence-corrected chi connectivity index (χ0v) is 12.2. The van der Waals surface area contributed by atoms with Crippen LogP contribution in [-0.2, 0) is 12.4 Å². The van der Waals surface area contributed by atoms with Gasteiger partial charge in [0.05, 0.1) is 27.0 Å². The molecule has 18 heavy (non-hydrogen) atoms. The maximum absolute atomic E-state index is 6.09. The Balaban J connectivity index is 2.11. The summed E-state index contributed by atoms with van der Waals surface area (Å²) in [5.74, 6) is 2.83. The molecule has 0 spiro atoms. The molecular weight excluding hydrogens is 291 g/mol. The molecule has 2 nitrogen and oxygen atoms in total. The third kappa shape index (κ3) is 2.11. The normalized spacial score (nSPS) is 22.7. The van der Waals surface area contributed by atoms with Crippen LogP contribution in [-0.4, -0.2) is 9.55 Å². The van der Waals surface area contributed by atoms with E-state index in [4.69, 9.17) is 34.8 Å². The number of hydrogen-bond acceptors (Lipinski definition) is 1. The van der Waals surface area contributed by atoms with Crippen molar-refractivity contribution in [1.82, 2.24) is 9.55 Å². The molecule has 1 aliphatic rings. The molecule has 1 saturated carbocycles. The molecule has 0 bridgehead atoms. The van der Waals surface area contributed by atoms with Crippen LogP contribution in [0.25, 0.3) is 11.0 Å². The average Bonchev–Trinajstić information content (AvgIpc) is 2.93. The molecule has 1 aromatic carbocycles. The lowest BCUT2D eigenvalue weighted by molar-refractivity contribution is 0.591. The maximum Gasteiger partial charge on any atom is 0.124 e. The second-order valence-electron chi connectivity index (χ2n) is 5.00. The molecular formula is C13H13Cl3N2. The summed E-state index contributed by atoms with van der Waals surface area (Å²) in [6.45, 7) is 3.24. The van der Waals surface area contributed by atoms with Crippen molar-refractivity contribution in [2.45, 2.75) is 25.8 Å². The zero-order valence-electron chi connectivity index (χ0n) is 9.96. The van der Waals surface area contributed by atoms with E-state index in [1.807, 2.05) is 12.1 Å². The van der Waals surface area contributed by atoms with Crippen molar-refractivity contribution in [3.8, 4) is 0 Å². The lowest BCUT2D eigenvalue weighted by Gasteiger charge is -2.07. The van der Waals surface area contributed by atoms with E-state index < -0.39 is 0 Å². The summed E-state index contributed by atoms with van der Waals surface area (Å²) in [5.41, 5.74) is 1.90. The van der Waals surface area contributed by atoms with Gasteiger partial charge in [0.2, 0.25) is 0 Å². The number of benzene rings is 1. The Kier molecular flexibility index (Phi) is 3.21. The molecule has 2 unspecified atom stereocenters. The fourth-order valence-electron chi connectivity index (χ4n) is 2.36. The summed E-state index contributed by atoms with van der Waals surface area (Å²) >= 11 is 18.1. The van der Waals surface area contributed by atoms with Crippen molar-refractivity contribution in [3.05, 3.63) is 28.0 Å². The molecule has 5 heteroatoms. The molecule has 1 aromatic heterocycles. The van der Waals surface area contributed by atoms with Crippen LogP contribution in [0, 0.1) is 11.8 Å². The van der Waals surface area contributed by atoms with Crippen molar-refractivity contribution in [3.63, 3.8) is 0 Å². The summed E-state index contributed by atoms with van der Waals surface area (Å²) in [6.07, 6.45) is 1.28. The van der Waals surface area contributed by atoms with Gasteiger partial charge in [0.1, 0.15) is 5.82 Å². The quantitative estimate of drug-likeness (QED) is 0.749. The van der Waals surface area contributed by atoms with Crippen LogP contribution in [0.5, 0.6) is 0 Å². The number of imidazole rings is 1. The minimum absolute atomic E-state index is 0.408. The lowest BCUT2D eigenvalue weighted by Crippen LogP contribution is -2.04. The van der Waals surface area contributed by atoms with Gasteiger partial charge < -0.3 is 4.57 Å². The van der Waals surface area contributed by atoms with Gasteiger partial charge in [-0.05, 0) is 30.4 Å². The number of halogens is 3. The van der Waals surface area contributed by atoms with Gasteiger partial charge in [-0.2, -0.15) is 0 Å². The molecule has 1 aliphatic carbocycles. The fourth-order valence-corrected chi connectivity index (χ4v) is 2.88. The first-order chi connectivity index (χ1) is 8.60. The highest BCUT2D eigenvalue weighted by atomic mass is 35.5. The fraction of sp³-hybridized carbons (Fsp3) is 0.462. The van der Waals surface area contributed by atoms with E-state index in [1.165, 1.54) is 6.42 Å². The third-order valence-corrected chi connectivity index (χ3v) is 4.64. The Morgan fingerprint density at radius 2 is 2.00 bits per heavy atom. The van der Waals surface area contributed by atoms with Gasteiger partial charge in [0.25, 0.3) is 0 Å². The van der Waals surface area contributed by atoms with E-state index >= 15 is 0 Å². The van der Waals surface area contributed by atoms with Gasteiger partial charge in [-0.1, -0.05) is 30.1 Å². The molecule has 2 aromatic rings. The first-order valence-electron chi connectivity index (χ1n) is 6.00. The molecule has 0 amide bonds. The third-order valence-electron chi connectivity index (χ3n) is 3.68. The SMILES string of the molecule is CC1CC1Cn1c(CCl)nc2cc(Cl)c(Cl)cc21. The summed E-state index contributed by atoms with van der Waals surface area (Å²) in [5, 5.41) is 1.10. The van der Waals surface area contributed by atoms with E-state index in [2.05, 4.69) is 16.5 Å².